The van der Waals surface area contributed by atoms with Crippen LogP contribution in [0.2, 0.25) is 0 Å². The number of fused-ring (bicyclic) bond motifs is 1. The SMILES string of the molecule is Cc1cc2cccc(C)c2c(F)c1F. The predicted octanol–water partition coefficient (Wildman–Crippen LogP) is 3.73. The van der Waals surface area contributed by atoms with Crippen LogP contribution in [-0.2, 0) is 0 Å². The van der Waals surface area contributed by atoms with Gasteiger partial charge in [-0.3, -0.25) is 0 Å². The summed E-state index contributed by atoms with van der Waals surface area (Å²) < 4.78 is 26.8. The molecule has 0 aliphatic rings. The van der Waals surface area contributed by atoms with E-state index in [0.717, 1.165) is 10.9 Å². The molecule has 0 radical (unpaired) electrons. The fourth-order valence-electron chi connectivity index (χ4n) is 1.69. The van der Waals surface area contributed by atoms with Crippen LogP contribution in [0.5, 0.6) is 0 Å². The highest BCUT2D eigenvalue weighted by molar-refractivity contribution is 5.86. The Hall–Kier alpha value is -1.44. The highest BCUT2D eigenvalue weighted by Crippen LogP contribution is 2.25. The van der Waals surface area contributed by atoms with E-state index < -0.39 is 11.6 Å². The van der Waals surface area contributed by atoms with Crippen LogP contribution < -0.4 is 0 Å². The van der Waals surface area contributed by atoms with Gasteiger partial charge in [0.15, 0.2) is 11.6 Å². The van der Waals surface area contributed by atoms with Crippen molar-refractivity contribution in [1.29, 1.82) is 0 Å². The lowest BCUT2D eigenvalue weighted by Crippen LogP contribution is -1.92. The van der Waals surface area contributed by atoms with E-state index in [1.54, 1.807) is 32.0 Å². The van der Waals surface area contributed by atoms with E-state index in [1.807, 2.05) is 6.07 Å². The van der Waals surface area contributed by atoms with Crippen LogP contribution in [-0.4, -0.2) is 0 Å². The van der Waals surface area contributed by atoms with Crippen molar-refractivity contribution in [2.45, 2.75) is 13.8 Å². The molecule has 0 spiro atoms. The summed E-state index contributed by atoms with van der Waals surface area (Å²) in [6.07, 6.45) is 0. The molecular formula is C12H10F2. The maximum Gasteiger partial charge on any atom is 0.167 e. The van der Waals surface area contributed by atoms with Gasteiger partial charge in [0.25, 0.3) is 0 Å². The molecule has 0 fully saturated rings. The first-order valence-electron chi connectivity index (χ1n) is 4.45. The van der Waals surface area contributed by atoms with Gasteiger partial charge in [-0.05, 0) is 36.4 Å². The monoisotopic (exact) mass is 192 g/mol. The zero-order chi connectivity index (χ0) is 10.3. The van der Waals surface area contributed by atoms with E-state index in [4.69, 9.17) is 0 Å². The molecule has 0 unspecified atom stereocenters. The second-order valence-corrected chi connectivity index (χ2v) is 3.49. The molecule has 2 heteroatoms. The maximum absolute atomic E-state index is 13.5. The van der Waals surface area contributed by atoms with Gasteiger partial charge in [0.2, 0.25) is 0 Å². The van der Waals surface area contributed by atoms with Crippen molar-refractivity contribution in [3.63, 3.8) is 0 Å². The lowest BCUT2D eigenvalue weighted by Gasteiger charge is -2.06. The minimum absolute atomic E-state index is 0.348. The topological polar surface area (TPSA) is 0 Å². The number of hydrogen-bond acceptors (Lipinski definition) is 0. The van der Waals surface area contributed by atoms with Crippen molar-refractivity contribution in [1.82, 2.24) is 0 Å². The molecular weight excluding hydrogens is 182 g/mol. The first-order chi connectivity index (χ1) is 6.61. The highest BCUT2D eigenvalue weighted by atomic mass is 19.2. The molecule has 0 nitrogen and oxygen atoms in total. The molecule has 2 aromatic rings. The summed E-state index contributed by atoms with van der Waals surface area (Å²) in [7, 11) is 0. The Kier molecular flexibility index (Phi) is 1.99. The van der Waals surface area contributed by atoms with Gasteiger partial charge in [-0.1, -0.05) is 18.2 Å². The van der Waals surface area contributed by atoms with Crippen LogP contribution in [0.3, 0.4) is 0 Å². The Morgan fingerprint density at radius 3 is 2.36 bits per heavy atom. The quantitative estimate of drug-likeness (QED) is 0.596. The lowest BCUT2D eigenvalue weighted by atomic mass is 10.0. The smallest absolute Gasteiger partial charge is 0.167 e. The zero-order valence-corrected chi connectivity index (χ0v) is 8.07. The first kappa shape index (κ1) is 9.13. The van der Waals surface area contributed by atoms with Crippen LogP contribution in [0, 0.1) is 25.5 Å². The normalized spacial score (nSPS) is 10.9. The molecule has 0 heterocycles. The molecule has 0 aliphatic carbocycles. The van der Waals surface area contributed by atoms with E-state index in [2.05, 4.69) is 0 Å². The van der Waals surface area contributed by atoms with Crippen LogP contribution >= 0.6 is 0 Å². The van der Waals surface area contributed by atoms with Crippen LogP contribution in [0.25, 0.3) is 10.8 Å². The third-order valence-electron chi connectivity index (χ3n) is 2.44. The Morgan fingerprint density at radius 2 is 1.64 bits per heavy atom. The first-order valence-corrected chi connectivity index (χ1v) is 4.45. The van der Waals surface area contributed by atoms with Crippen molar-refractivity contribution in [3.8, 4) is 0 Å². The molecule has 14 heavy (non-hydrogen) atoms. The van der Waals surface area contributed by atoms with Gasteiger partial charge in [-0.15, -0.1) is 0 Å². The van der Waals surface area contributed by atoms with Gasteiger partial charge in [0, 0.05) is 5.39 Å². The number of benzene rings is 2. The third kappa shape index (κ3) is 1.18. The van der Waals surface area contributed by atoms with Crippen molar-refractivity contribution in [2.24, 2.45) is 0 Å². The van der Waals surface area contributed by atoms with Gasteiger partial charge in [0.1, 0.15) is 0 Å². The highest BCUT2D eigenvalue weighted by Gasteiger charge is 2.11. The van der Waals surface area contributed by atoms with Crippen LogP contribution in [0.4, 0.5) is 8.78 Å². The number of rotatable bonds is 0. The van der Waals surface area contributed by atoms with Gasteiger partial charge < -0.3 is 0 Å². The molecule has 0 saturated heterocycles. The number of hydrogen-bond donors (Lipinski definition) is 0. The van der Waals surface area contributed by atoms with E-state index in [0.29, 0.717) is 10.9 Å². The van der Waals surface area contributed by atoms with Gasteiger partial charge >= 0.3 is 0 Å². The summed E-state index contributed by atoms with van der Waals surface area (Å²) in [4.78, 5) is 0. The number of aryl methyl sites for hydroxylation is 2. The Bertz CT molecular complexity index is 501. The van der Waals surface area contributed by atoms with Gasteiger partial charge in [0.05, 0.1) is 0 Å². The van der Waals surface area contributed by atoms with Gasteiger partial charge in [-0.25, -0.2) is 8.78 Å². The molecule has 0 aromatic heterocycles. The molecule has 72 valence electrons. The molecule has 0 bridgehead atoms. The molecule has 2 aromatic carbocycles. The predicted molar refractivity (Wildman–Crippen MR) is 53.3 cm³/mol. The largest absolute Gasteiger partial charge is 0.203 e. The second kappa shape index (κ2) is 3.05. The standard InChI is InChI=1S/C12H10F2/c1-7-4-3-5-9-6-8(2)11(13)12(14)10(7)9/h3-6H,1-2H3. The molecule has 0 atom stereocenters. The fourth-order valence-corrected chi connectivity index (χ4v) is 1.69. The molecule has 0 N–H and O–H groups in total. The molecule has 2 rings (SSSR count). The molecule has 0 amide bonds. The maximum atomic E-state index is 13.5. The van der Waals surface area contributed by atoms with Crippen molar-refractivity contribution in [2.75, 3.05) is 0 Å². The minimum Gasteiger partial charge on any atom is -0.203 e. The third-order valence-corrected chi connectivity index (χ3v) is 2.44. The van der Waals surface area contributed by atoms with Crippen molar-refractivity contribution >= 4 is 10.8 Å². The minimum atomic E-state index is -0.744. The van der Waals surface area contributed by atoms with E-state index in [1.165, 1.54) is 0 Å². The molecule has 0 aliphatic heterocycles. The average Bonchev–Trinajstić information content (AvgIpc) is 2.14. The molecule has 0 saturated carbocycles. The Balaban J connectivity index is 2.99. The second-order valence-electron chi connectivity index (χ2n) is 3.49. The van der Waals surface area contributed by atoms with Crippen molar-refractivity contribution in [3.05, 3.63) is 47.0 Å². The van der Waals surface area contributed by atoms with Crippen molar-refractivity contribution < 1.29 is 8.78 Å². The van der Waals surface area contributed by atoms with E-state index in [-0.39, 0.29) is 0 Å². The number of halogens is 2. The lowest BCUT2D eigenvalue weighted by molar-refractivity contribution is 0.511. The summed E-state index contributed by atoms with van der Waals surface area (Å²) in [5, 5.41) is 1.14. The Labute approximate surface area is 81.2 Å². The van der Waals surface area contributed by atoms with E-state index in [9.17, 15) is 8.78 Å². The fraction of sp³-hybridized carbons (Fsp3) is 0.167. The van der Waals surface area contributed by atoms with Gasteiger partial charge in [-0.2, -0.15) is 0 Å². The summed E-state index contributed by atoms with van der Waals surface area (Å²) in [5.74, 6) is -1.48. The Morgan fingerprint density at radius 1 is 0.929 bits per heavy atom. The summed E-state index contributed by atoms with van der Waals surface area (Å²) in [6.45, 7) is 3.35. The summed E-state index contributed by atoms with van der Waals surface area (Å²) in [6, 6.07) is 7.08. The van der Waals surface area contributed by atoms with E-state index >= 15 is 0 Å². The summed E-state index contributed by atoms with van der Waals surface area (Å²) in [5.41, 5.74) is 1.11. The zero-order valence-electron chi connectivity index (χ0n) is 8.07. The average molecular weight is 192 g/mol. The summed E-state index contributed by atoms with van der Waals surface area (Å²) >= 11 is 0. The van der Waals surface area contributed by atoms with Crippen LogP contribution in [0.1, 0.15) is 11.1 Å². The van der Waals surface area contributed by atoms with Crippen LogP contribution in [0.15, 0.2) is 24.3 Å².